The first-order valence-corrected chi connectivity index (χ1v) is 6.75. The van der Waals surface area contributed by atoms with Crippen LogP contribution in [0, 0.1) is 6.92 Å². The number of furan rings is 1. The van der Waals surface area contributed by atoms with Crippen LogP contribution in [0.3, 0.4) is 0 Å². The van der Waals surface area contributed by atoms with Gasteiger partial charge < -0.3 is 9.73 Å². The maximum atomic E-state index is 5.68. The van der Waals surface area contributed by atoms with Crippen LogP contribution < -0.4 is 5.32 Å². The first-order valence-electron chi connectivity index (χ1n) is 6.75. The van der Waals surface area contributed by atoms with Gasteiger partial charge in [0.25, 0.3) is 0 Å². The molecule has 0 amide bonds. The highest BCUT2D eigenvalue weighted by molar-refractivity contribution is 5.31. The average Bonchev–Trinajstić information content (AvgIpc) is 2.96. The molecule has 1 atom stereocenters. The number of nitrogens with zero attached hydrogens (tertiary/aromatic N) is 2. The summed E-state index contributed by atoms with van der Waals surface area (Å²) in [6, 6.07) is 6.32. The number of rotatable bonds is 3. The molecule has 4 heteroatoms. The molecule has 0 spiro atoms. The van der Waals surface area contributed by atoms with E-state index in [4.69, 9.17) is 4.42 Å². The van der Waals surface area contributed by atoms with Gasteiger partial charge in [-0.2, -0.15) is 0 Å². The summed E-state index contributed by atoms with van der Waals surface area (Å²) in [5, 5.41) is 3.40. The molecule has 4 nitrogen and oxygen atoms in total. The lowest BCUT2D eigenvalue weighted by Crippen LogP contribution is -2.45. The molecular weight excluding hydrogens is 238 g/mol. The first-order chi connectivity index (χ1) is 9.36. The van der Waals surface area contributed by atoms with Crippen molar-refractivity contribution in [3.63, 3.8) is 0 Å². The summed E-state index contributed by atoms with van der Waals surface area (Å²) in [6.45, 7) is 6.24. The van der Waals surface area contributed by atoms with Crippen LogP contribution in [0.25, 0.3) is 0 Å². The molecule has 0 aliphatic carbocycles. The lowest BCUT2D eigenvalue weighted by atomic mass is 9.99. The Morgan fingerprint density at radius 1 is 1.32 bits per heavy atom. The van der Waals surface area contributed by atoms with Gasteiger partial charge in [-0.1, -0.05) is 0 Å². The van der Waals surface area contributed by atoms with E-state index in [0.29, 0.717) is 0 Å². The SMILES string of the molecule is Cc1cnccc1C(c1ccco1)N1CCNCC1. The number of aryl methyl sites for hydroxylation is 1. The zero-order valence-electron chi connectivity index (χ0n) is 11.2. The molecule has 19 heavy (non-hydrogen) atoms. The molecule has 1 saturated heterocycles. The Morgan fingerprint density at radius 3 is 2.84 bits per heavy atom. The molecule has 2 aromatic rings. The highest BCUT2D eigenvalue weighted by Crippen LogP contribution is 2.30. The van der Waals surface area contributed by atoms with E-state index in [1.807, 2.05) is 18.5 Å². The van der Waals surface area contributed by atoms with Crippen molar-refractivity contribution in [2.45, 2.75) is 13.0 Å². The molecule has 3 rings (SSSR count). The first kappa shape index (κ1) is 12.4. The van der Waals surface area contributed by atoms with Crippen molar-refractivity contribution in [3.05, 3.63) is 53.7 Å². The van der Waals surface area contributed by atoms with Gasteiger partial charge in [0.1, 0.15) is 5.76 Å². The second kappa shape index (κ2) is 5.55. The lowest BCUT2D eigenvalue weighted by Gasteiger charge is -2.34. The molecule has 1 unspecified atom stereocenters. The van der Waals surface area contributed by atoms with Crippen LogP contribution >= 0.6 is 0 Å². The molecule has 0 saturated carbocycles. The molecule has 1 aliphatic rings. The number of nitrogens with one attached hydrogen (secondary N) is 1. The highest BCUT2D eigenvalue weighted by atomic mass is 16.3. The molecule has 0 aromatic carbocycles. The Kier molecular flexibility index (Phi) is 3.62. The molecule has 0 radical (unpaired) electrons. The number of hydrogen-bond donors (Lipinski definition) is 1. The van der Waals surface area contributed by atoms with Crippen molar-refractivity contribution in [2.24, 2.45) is 0 Å². The van der Waals surface area contributed by atoms with Crippen molar-refractivity contribution >= 4 is 0 Å². The minimum atomic E-state index is 0.195. The Bertz CT molecular complexity index is 518. The van der Waals surface area contributed by atoms with Crippen molar-refractivity contribution in [1.82, 2.24) is 15.2 Å². The van der Waals surface area contributed by atoms with Crippen LogP contribution in [0.4, 0.5) is 0 Å². The molecule has 1 N–H and O–H groups in total. The summed E-state index contributed by atoms with van der Waals surface area (Å²) in [7, 11) is 0. The average molecular weight is 257 g/mol. The van der Waals surface area contributed by atoms with Crippen LogP contribution in [0.15, 0.2) is 41.3 Å². The zero-order chi connectivity index (χ0) is 13.1. The summed E-state index contributed by atoms with van der Waals surface area (Å²) >= 11 is 0. The van der Waals surface area contributed by atoms with E-state index in [1.54, 1.807) is 6.26 Å². The van der Waals surface area contributed by atoms with E-state index < -0.39 is 0 Å². The monoisotopic (exact) mass is 257 g/mol. The largest absolute Gasteiger partial charge is 0.467 e. The third-order valence-corrected chi connectivity index (χ3v) is 3.69. The van der Waals surface area contributed by atoms with Gasteiger partial charge in [0.15, 0.2) is 0 Å². The van der Waals surface area contributed by atoms with Crippen LogP contribution in [-0.4, -0.2) is 36.1 Å². The smallest absolute Gasteiger partial charge is 0.125 e. The fourth-order valence-corrected chi connectivity index (χ4v) is 2.71. The number of pyridine rings is 1. The molecule has 1 aliphatic heterocycles. The quantitative estimate of drug-likeness (QED) is 0.913. The van der Waals surface area contributed by atoms with E-state index in [9.17, 15) is 0 Å². The molecule has 3 heterocycles. The molecule has 2 aromatic heterocycles. The second-order valence-electron chi connectivity index (χ2n) is 4.94. The Hall–Kier alpha value is -1.65. The number of aromatic nitrogens is 1. The molecule has 100 valence electrons. The van der Waals surface area contributed by atoms with Gasteiger partial charge >= 0.3 is 0 Å². The van der Waals surface area contributed by atoms with Crippen molar-refractivity contribution in [1.29, 1.82) is 0 Å². The van der Waals surface area contributed by atoms with Gasteiger partial charge in [0.05, 0.1) is 12.3 Å². The van der Waals surface area contributed by atoms with Gasteiger partial charge in [-0.15, -0.1) is 0 Å². The van der Waals surface area contributed by atoms with E-state index in [0.717, 1.165) is 31.9 Å². The van der Waals surface area contributed by atoms with Crippen LogP contribution in [0.2, 0.25) is 0 Å². The topological polar surface area (TPSA) is 41.3 Å². The summed E-state index contributed by atoms with van der Waals surface area (Å²) < 4.78 is 5.68. The molecular formula is C15H19N3O. The Balaban J connectivity index is 1.99. The lowest BCUT2D eigenvalue weighted by molar-refractivity contribution is 0.179. The fraction of sp³-hybridized carbons (Fsp3) is 0.400. The van der Waals surface area contributed by atoms with Gasteiger partial charge in [-0.05, 0) is 36.2 Å². The third-order valence-electron chi connectivity index (χ3n) is 3.69. The molecule has 0 bridgehead atoms. The number of hydrogen-bond acceptors (Lipinski definition) is 4. The maximum absolute atomic E-state index is 5.68. The van der Waals surface area contributed by atoms with Gasteiger partial charge in [0.2, 0.25) is 0 Å². The predicted octanol–water partition coefficient (Wildman–Crippen LogP) is 1.98. The third kappa shape index (κ3) is 2.55. The van der Waals surface area contributed by atoms with E-state index in [1.165, 1.54) is 11.1 Å². The standard InChI is InChI=1S/C15H19N3O/c1-12-11-17-5-4-13(12)15(14-3-2-10-19-14)18-8-6-16-7-9-18/h2-5,10-11,15-16H,6-9H2,1H3. The van der Waals surface area contributed by atoms with Crippen molar-refractivity contribution < 1.29 is 4.42 Å². The Morgan fingerprint density at radius 2 is 2.16 bits per heavy atom. The summed E-state index contributed by atoms with van der Waals surface area (Å²) in [4.78, 5) is 6.66. The van der Waals surface area contributed by atoms with Gasteiger partial charge in [-0.25, -0.2) is 0 Å². The van der Waals surface area contributed by atoms with E-state index in [2.05, 4.69) is 34.3 Å². The summed E-state index contributed by atoms with van der Waals surface area (Å²) in [5.41, 5.74) is 2.49. The zero-order valence-corrected chi connectivity index (χ0v) is 11.2. The summed E-state index contributed by atoms with van der Waals surface area (Å²) in [5.74, 6) is 1.01. The Labute approximate surface area is 113 Å². The normalized spacial score (nSPS) is 18.4. The summed E-state index contributed by atoms with van der Waals surface area (Å²) in [6.07, 6.45) is 5.54. The van der Waals surface area contributed by atoms with Crippen LogP contribution in [0.5, 0.6) is 0 Å². The van der Waals surface area contributed by atoms with Crippen molar-refractivity contribution in [2.75, 3.05) is 26.2 Å². The predicted molar refractivity (Wildman–Crippen MR) is 74.0 cm³/mol. The number of piperazine rings is 1. The van der Waals surface area contributed by atoms with Crippen molar-refractivity contribution in [3.8, 4) is 0 Å². The highest BCUT2D eigenvalue weighted by Gasteiger charge is 2.26. The van der Waals surface area contributed by atoms with Gasteiger partial charge in [-0.3, -0.25) is 9.88 Å². The van der Waals surface area contributed by atoms with Gasteiger partial charge in [0, 0.05) is 38.6 Å². The second-order valence-corrected chi connectivity index (χ2v) is 4.94. The van der Waals surface area contributed by atoms with E-state index >= 15 is 0 Å². The fourth-order valence-electron chi connectivity index (χ4n) is 2.71. The minimum absolute atomic E-state index is 0.195. The maximum Gasteiger partial charge on any atom is 0.125 e. The molecule has 1 fully saturated rings. The van der Waals surface area contributed by atoms with E-state index in [-0.39, 0.29) is 6.04 Å². The van der Waals surface area contributed by atoms with Crippen LogP contribution in [0.1, 0.15) is 22.9 Å². The minimum Gasteiger partial charge on any atom is -0.467 e. The van der Waals surface area contributed by atoms with Crippen LogP contribution in [-0.2, 0) is 0 Å².